The molecule has 5 nitrogen and oxygen atoms in total. The molecule has 0 aromatic heterocycles. The average Bonchev–Trinajstić information content (AvgIpc) is 2.64. The minimum Gasteiger partial charge on any atom is -0.354 e. The lowest BCUT2D eigenvalue weighted by atomic mass is 10.2. The molecule has 8 heteroatoms. The Morgan fingerprint density at radius 2 is 1.75 bits per heavy atom. The summed E-state index contributed by atoms with van der Waals surface area (Å²) in [5.41, 5.74) is 2.76. The van der Waals surface area contributed by atoms with Gasteiger partial charge in [0, 0.05) is 12.3 Å². The van der Waals surface area contributed by atoms with Crippen LogP contribution in [0.25, 0.3) is 0 Å². The largest absolute Gasteiger partial charge is 0.354 e. The maximum Gasteiger partial charge on any atom is 0.240 e. The summed E-state index contributed by atoms with van der Waals surface area (Å²) in [5.74, 6) is 0.950. The zero-order valence-corrected chi connectivity index (χ0v) is 17.7. The highest BCUT2D eigenvalue weighted by Gasteiger charge is 2.20. The minimum atomic E-state index is -3.65. The smallest absolute Gasteiger partial charge is 0.240 e. The third-order valence-corrected chi connectivity index (χ3v) is 6.23. The van der Waals surface area contributed by atoms with E-state index in [0.29, 0.717) is 6.54 Å². The molecule has 0 bridgehead atoms. The highest BCUT2D eigenvalue weighted by molar-refractivity contribution is 7.98. The van der Waals surface area contributed by atoms with Crippen molar-refractivity contribution in [3.05, 3.63) is 65.5 Å². The summed E-state index contributed by atoms with van der Waals surface area (Å²) < 4.78 is 38.0. The van der Waals surface area contributed by atoms with Crippen molar-refractivity contribution in [2.24, 2.45) is 0 Å². The van der Waals surface area contributed by atoms with Crippen molar-refractivity contribution in [2.45, 2.75) is 19.1 Å². The fourth-order valence-electron chi connectivity index (χ4n) is 2.47. The van der Waals surface area contributed by atoms with E-state index in [1.165, 1.54) is 23.3 Å². The van der Waals surface area contributed by atoms with Gasteiger partial charge in [-0.3, -0.25) is 9.10 Å². The number of benzene rings is 2. The van der Waals surface area contributed by atoms with E-state index >= 15 is 0 Å². The Morgan fingerprint density at radius 3 is 2.36 bits per heavy atom. The lowest BCUT2D eigenvalue weighted by Crippen LogP contribution is -2.40. The molecular formula is C20H25FN2O3S2. The molecule has 0 atom stereocenters. The molecular weight excluding hydrogens is 399 g/mol. The molecule has 0 fully saturated rings. The third-order valence-electron chi connectivity index (χ3n) is 3.98. The van der Waals surface area contributed by atoms with Gasteiger partial charge in [0.2, 0.25) is 15.9 Å². The van der Waals surface area contributed by atoms with Crippen LogP contribution in [0.4, 0.5) is 10.1 Å². The normalized spacial score (nSPS) is 11.2. The quantitative estimate of drug-likeness (QED) is 0.594. The topological polar surface area (TPSA) is 66.5 Å². The molecule has 2 rings (SSSR count). The van der Waals surface area contributed by atoms with Crippen molar-refractivity contribution in [3.8, 4) is 0 Å². The maximum absolute atomic E-state index is 13.1. The SMILES string of the molecule is Cc1ccc(CSCCCNC(=O)CN(c2ccc(F)cc2)S(C)(=O)=O)cc1. The van der Waals surface area contributed by atoms with Crippen LogP contribution in [0.2, 0.25) is 0 Å². The standard InChI is InChI=1S/C20H25FN2O3S2/c1-16-4-6-17(7-5-16)15-27-13-3-12-22-20(24)14-23(28(2,25)26)19-10-8-18(21)9-11-19/h4-11H,3,12-15H2,1-2H3,(H,22,24). The number of carbonyl (C=O) groups excluding carboxylic acids is 1. The van der Waals surface area contributed by atoms with Crippen molar-refractivity contribution in [1.29, 1.82) is 0 Å². The summed E-state index contributed by atoms with van der Waals surface area (Å²) in [5, 5.41) is 2.74. The molecule has 0 unspecified atom stereocenters. The zero-order valence-electron chi connectivity index (χ0n) is 16.0. The van der Waals surface area contributed by atoms with Crippen LogP contribution in [0.3, 0.4) is 0 Å². The summed E-state index contributed by atoms with van der Waals surface area (Å²) in [6.07, 6.45) is 1.81. The van der Waals surface area contributed by atoms with E-state index in [2.05, 4.69) is 36.5 Å². The first-order chi connectivity index (χ1) is 13.3. The number of aryl methyl sites for hydroxylation is 1. The third kappa shape index (κ3) is 7.52. The Balaban J connectivity index is 1.74. The maximum atomic E-state index is 13.1. The van der Waals surface area contributed by atoms with Crippen LogP contribution in [0, 0.1) is 12.7 Å². The highest BCUT2D eigenvalue weighted by atomic mass is 32.2. The Kier molecular flexibility index (Phi) is 8.32. The van der Waals surface area contributed by atoms with E-state index in [1.807, 2.05) is 0 Å². The van der Waals surface area contributed by atoms with E-state index < -0.39 is 21.7 Å². The molecule has 0 spiro atoms. The molecule has 0 aliphatic heterocycles. The fraction of sp³-hybridized carbons (Fsp3) is 0.350. The van der Waals surface area contributed by atoms with Crippen molar-refractivity contribution in [2.75, 3.05) is 29.4 Å². The van der Waals surface area contributed by atoms with Crippen molar-refractivity contribution in [3.63, 3.8) is 0 Å². The van der Waals surface area contributed by atoms with E-state index in [-0.39, 0.29) is 12.2 Å². The van der Waals surface area contributed by atoms with Gasteiger partial charge in [0.25, 0.3) is 0 Å². The molecule has 28 heavy (non-hydrogen) atoms. The Morgan fingerprint density at radius 1 is 1.11 bits per heavy atom. The number of nitrogens with one attached hydrogen (secondary N) is 1. The van der Waals surface area contributed by atoms with Gasteiger partial charge in [-0.2, -0.15) is 11.8 Å². The van der Waals surface area contributed by atoms with E-state index in [9.17, 15) is 17.6 Å². The number of thioether (sulfide) groups is 1. The number of rotatable bonds is 10. The highest BCUT2D eigenvalue weighted by Crippen LogP contribution is 2.17. The second-order valence-electron chi connectivity index (χ2n) is 6.49. The lowest BCUT2D eigenvalue weighted by Gasteiger charge is -2.21. The van der Waals surface area contributed by atoms with Crippen molar-refractivity contribution >= 4 is 33.4 Å². The number of hydrogen-bond donors (Lipinski definition) is 1. The summed E-state index contributed by atoms with van der Waals surface area (Å²) in [7, 11) is -3.65. The molecule has 2 aromatic carbocycles. The number of amides is 1. The Hall–Kier alpha value is -2.06. The van der Waals surface area contributed by atoms with Gasteiger partial charge in [-0.1, -0.05) is 29.8 Å². The van der Waals surface area contributed by atoms with Crippen molar-refractivity contribution < 1.29 is 17.6 Å². The molecule has 1 amide bonds. The molecule has 152 valence electrons. The molecule has 1 N–H and O–H groups in total. The summed E-state index contributed by atoms with van der Waals surface area (Å²) >= 11 is 1.79. The second kappa shape index (κ2) is 10.5. The van der Waals surface area contributed by atoms with Gasteiger partial charge in [-0.05, 0) is 48.9 Å². The Labute approximate surface area is 170 Å². The van der Waals surface area contributed by atoms with Gasteiger partial charge in [0.05, 0.1) is 11.9 Å². The fourth-order valence-corrected chi connectivity index (χ4v) is 4.25. The van der Waals surface area contributed by atoms with Crippen LogP contribution < -0.4 is 9.62 Å². The van der Waals surface area contributed by atoms with Crippen LogP contribution in [0.5, 0.6) is 0 Å². The predicted octanol–water partition coefficient (Wildman–Crippen LogP) is 3.34. The predicted molar refractivity (Wildman–Crippen MR) is 114 cm³/mol. The van der Waals surface area contributed by atoms with Crippen LogP contribution in [0.1, 0.15) is 17.5 Å². The first-order valence-corrected chi connectivity index (χ1v) is 11.9. The summed E-state index contributed by atoms with van der Waals surface area (Å²) in [6.45, 7) is 2.20. The zero-order chi connectivity index (χ0) is 20.6. The first kappa shape index (κ1) is 22.2. The molecule has 0 aliphatic carbocycles. The lowest BCUT2D eigenvalue weighted by molar-refractivity contribution is -0.119. The first-order valence-electron chi connectivity index (χ1n) is 8.89. The van der Waals surface area contributed by atoms with Gasteiger partial charge in [0.1, 0.15) is 12.4 Å². The monoisotopic (exact) mass is 424 g/mol. The molecule has 0 saturated carbocycles. The second-order valence-corrected chi connectivity index (χ2v) is 9.50. The van der Waals surface area contributed by atoms with Crippen LogP contribution in [-0.4, -0.2) is 39.4 Å². The van der Waals surface area contributed by atoms with Gasteiger partial charge in [-0.25, -0.2) is 12.8 Å². The van der Waals surface area contributed by atoms with Gasteiger partial charge >= 0.3 is 0 Å². The molecule has 2 aromatic rings. The van der Waals surface area contributed by atoms with Gasteiger partial charge < -0.3 is 5.32 Å². The van der Waals surface area contributed by atoms with Gasteiger partial charge in [-0.15, -0.1) is 0 Å². The number of halogens is 1. The van der Waals surface area contributed by atoms with E-state index in [4.69, 9.17) is 0 Å². The number of sulfonamides is 1. The summed E-state index contributed by atoms with van der Waals surface area (Å²) in [6, 6.07) is 13.4. The number of nitrogens with zero attached hydrogens (tertiary/aromatic N) is 1. The van der Waals surface area contributed by atoms with Crippen LogP contribution in [-0.2, 0) is 20.6 Å². The molecule has 0 heterocycles. The number of carbonyl (C=O) groups is 1. The number of hydrogen-bond acceptors (Lipinski definition) is 4. The Bertz CT molecular complexity index is 869. The van der Waals surface area contributed by atoms with E-state index in [1.54, 1.807) is 11.8 Å². The van der Waals surface area contributed by atoms with E-state index in [0.717, 1.165) is 40.6 Å². The van der Waals surface area contributed by atoms with Crippen molar-refractivity contribution in [1.82, 2.24) is 5.32 Å². The van der Waals surface area contributed by atoms with Crippen LogP contribution in [0.15, 0.2) is 48.5 Å². The summed E-state index contributed by atoms with van der Waals surface area (Å²) in [4.78, 5) is 12.1. The van der Waals surface area contributed by atoms with Gasteiger partial charge in [0.15, 0.2) is 0 Å². The van der Waals surface area contributed by atoms with Crippen LogP contribution >= 0.6 is 11.8 Å². The number of anilines is 1. The minimum absolute atomic E-state index is 0.257. The average molecular weight is 425 g/mol. The molecule has 0 saturated heterocycles. The molecule has 0 aliphatic rings. The molecule has 0 radical (unpaired) electrons.